The number of nitrogens with zero attached hydrogens (tertiary/aromatic N) is 3. The normalized spacial score (nSPS) is 18.1. The monoisotopic (exact) mass is 331 g/mol. The number of rotatable bonds is 4. The predicted molar refractivity (Wildman–Crippen MR) is 93.3 cm³/mol. The van der Waals surface area contributed by atoms with Gasteiger partial charge in [0.1, 0.15) is 12.4 Å². The van der Waals surface area contributed by atoms with Crippen molar-refractivity contribution in [2.45, 2.75) is 6.92 Å². The number of carbonyl (C=O) groups is 1. The predicted octanol–water partition coefficient (Wildman–Crippen LogP) is 0.844. The van der Waals surface area contributed by atoms with Crippen LogP contribution in [0.25, 0.3) is 0 Å². The van der Waals surface area contributed by atoms with Crippen molar-refractivity contribution >= 4 is 11.6 Å². The summed E-state index contributed by atoms with van der Waals surface area (Å²) >= 11 is 0. The van der Waals surface area contributed by atoms with Crippen LogP contribution in [-0.2, 0) is 4.79 Å². The maximum absolute atomic E-state index is 13.0. The third-order valence-corrected chi connectivity index (χ3v) is 4.64. The van der Waals surface area contributed by atoms with Gasteiger partial charge in [0.05, 0.1) is 24.5 Å². The summed E-state index contributed by atoms with van der Waals surface area (Å²) in [6.45, 7) is 11.1. The molecule has 1 aromatic rings. The lowest BCUT2D eigenvalue weighted by molar-refractivity contribution is -0.117. The summed E-state index contributed by atoms with van der Waals surface area (Å²) in [7, 11) is 0. The number of hydrogen-bond acceptors (Lipinski definition) is 5. The fourth-order valence-electron chi connectivity index (χ4n) is 3.21. The summed E-state index contributed by atoms with van der Waals surface area (Å²) in [6.07, 6.45) is 0. The Bertz CT molecular complexity index is 624. The van der Waals surface area contributed by atoms with Gasteiger partial charge in [0.2, 0.25) is 0 Å². The van der Waals surface area contributed by atoms with Crippen molar-refractivity contribution < 1.29 is 14.6 Å². The molecule has 2 aliphatic rings. The van der Waals surface area contributed by atoms with Crippen LogP contribution in [0.2, 0.25) is 0 Å². The molecule has 2 aliphatic heterocycles. The van der Waals surface area contributed by atoms with Crippen LogP contribution in [0.15, 0.2) is 30.5 Å². The second kappa shape index (κ2) is 7.23. The Hall–Kier alpha value is -2.05. The Balaban J connectivity index is 1.69. The van der Waals surface area contributed by atoms with Gasteiger partial charge in [-0.05, 0) is 24.6 Å². The van der Waals surface area contributed by atoms with Crippen LogP contribution < -0.4 is 9.64 Å². The summed E-state index contributed by atoms with van der Waals surface area (Å²) in [5.74, 6) is 0.696. The van der Waals surface area contributed by atoms with Crippen molar-refractivity contribution in [3.63, 3.8) is 0 Å². The van der Waals surface area contributed by atoms with Crippen molar-refractivity contribution in [1.82, 2.24) is 9.80 Å². The zero-order valence-electron chi connectivity index (χ0n) is 14.2. The lowest BCUT2D eigenvalue weighted by Gasteiger charge is -2.38. The minimum absolute atomic E-state index is 0.0549. The van der Waals surface area contributed by atoms with Crippen LogP contribution in [0.5, 0.6) is 5.75 Å². The molecular weight excluding hydrogens is 306 g/mol. The van der Waals surface area contributed by atoms with Crippen molar-refractivity contribution in [1.29, 1.82) is 0 Å². The lowest BCUT2D eigenvalue weighted by atomic mass is 10.1. The number of β-amino-alcohol motifs (C(OH)–C–C–N with tert-alkyl or cyclic N) is 1. The molecule has 0 unspecified atom stereocenters. The van der Waals surface area contributed by atoms with Crippen LogP contribution in [0, 0.1) is 6.92 Å². The van der Waals surface area contributed by atoms with Crippen molar-refractivity contribution in [3.8, 4) is 5.75 Å². The van der Waals surface area contributed by atoms with E-state index in [1.807, 2.05) is 30.0 Å². The van der Waals surface area contributed by atoms with Crippen LogP contribution in [0.4, 0.5) is 5.69 Å². The van der Waals surface area contributed by atoms with Gasteiger partial charge in [0.25, 0.3) is 5.91 Å². The average molecular weight is 331 g/mol. The average Bonchev–Trinajstić information content (AvgIpc) is 2.61. The second-order valence-corrected chi connectivity index (χ2v) is 6.28. The van der Waals surface area contributed by atoms with E-state index in [0.29, 0.717) is 25.4 Å². The van der Waals surface area contributed by atoms with Crippen LogP contribution in [0.3, 0.4) is 0 Å². The number of benzene rings is 1. The molecule has 0 aromatic heterocycles. The van der Waals surface area contributed by atoms with E-state index in [1.54, 1.807) is 4.90 Å². The molecule has 0 radical (unpaired) electrons. The summed E-state index contributed by atoms with van der Waals surface area (Å²) in [5, 5.41) is 9.02. The highest BCUT2D eigenvalue weighted by Gasteiger charge is 2.29. The lowest BCUT2D eigenvalue weighted by Crippen LogP contribution is -2.50. The van der Waals surface area contributed by atoms with E-state index in [9.17, 15) is 4.79 Å². The minimum Gasteiger partial charge on any atom is -0.490 e. The Morgan fingerprint density at radius 2 is 2.00 bits per heavy atom. The zero-order chi connectivity index (χ0) is 17.1. The minimum atomic E-state index is -0.0549. The van der Waals surface area contributed by atoms with Crippen LogP contribution in [-0.4, -0.2) is 73.3 Å². The fraction of sp³-hybridized carbons (Fsp3) is 0.500. The number of aryl methyl sites for hydroxylation is 1. The molecule has 1 aromatic carbocycles. The smallest absolute Gasteiger partial charge is 0.274 e. The van der Waals surface area contributed by atoms with E-state index in [2.05, 4.69) is 11.5 Å². The van der Waals surface area contributed by atoms with Gasteiger partial charge >= 0.3 is 0 Å². The molecule has 24 heavy (non-hydrogen) atoms. The SMILES string of the molecule is C=C(C(=O)N1CCOc2ccc(C)cc21)N1CCN(CCO)CC1. The number of aliphatic hydroxyl groups excluding tert-OH is 1. The van der Waals surface area contributed by atoms with Gasteiger partial charge < -0.3 is 19.6 Å². The maximum Gasteiger partial charge on any atom is 0.274 e. The van der Waals surface area contributed by atoms with E-state index >= 15 is 0 Å². The van der Waals surface area contributed by atoms with E-state index in [1.165, 1.54) is 0 Å². The first-order valence-electron chi connectivity index (χ1n) is 8.42. The summed E-state index contributed by atoms with van der Waals surface area (Å²) in [6, 6.07) is 5.89. The molecule has 0 atom stereocenters. The standard InChI is InChI=1S/C18H25N3O3/c1-14-3-4-17-16(13-14)21(10-12-24-17)18(23)15(2)20-7-5-19(6-8-20)9-11-22/h3-4,13,22H,2,5-12H2,1H3. The first kappa shape index (κ1) is 16.8. The largest absolute Gasteiger partial charge is 0.490 e. The third kappa shape index (κ3) is 3.39. The molecule has 0 saturated carbocycles. The van der Waals surface area contributed by atoms with Crippen molar-refractivity contribution in [3.05, 3.63) is 36.0 Å². The Kier molecular flexibility index (Phi) is 5.06. The quantitative estimate of drug-likeness (QED) is 0.829. The molecule has 1 amide bonds. The Morgan fingerprint density at radius 1 is 1.25 bits per heavy atom. The van der Waals surface area contributed by atoms with Crippen molar-refractivity contribution in [2.24, 2.45) is 0 Å². The van der Waals surface area contributed by atoms with Gasteiger partial charge in [-0.1, -0.05) is 12.6 Å². The highest BCUT2D eigenvalue weighted by molar-refractivity contribution is 6.06. The highest BCUT2D eigenvalue weighted by Crippen LogP contribution is 2.33. The molecule has 0 bridgehead atoms. The number of hydrogen-bond donors (Lipinski definition) is 1. The maximum atomic E-state index is 13.0. The van der Waals surface area contributed by atoms with E-state index < -0.39 is 0 Å². The zero-order valence-corrected chi connectivity index (χ0v) is 14.2. The highest BCUT2D eigenvalue weighted by atomic mass is 16.5. The summed E-state index contributed by atoms with van der Waals surface area (Å²) in [5.41, 5.74) is 2.46. The molecule has 1 saturated heterocycles. The third-order valence-electron chi connectivity index (χ3n) is 4.64. The molecular formula is C18H25N3O3. The Labute approximate surface area is 142 Å². The van der Waals surface area contributed by atoms with Gasteiger partial charge in [0.15, 0.2) is 0 Å². The molecule has 1 N–H and O–H groups in total. The Morgan fingerprint density at radius 3 is 2.71 bits per heavy atom. The number of amides is 1. The second-order valence-electron chi connectivity index (χ2n) is 6.28. The van der Waals surface area contributed by atoms with Crippen LogP contribution in [0.1, 0.15) is 5.56 Å². The van der Waals surface area contributed by atoms with Crippen molar-refractivity contribution in [2.75, 3.05) is 57.4 Å². The van der Waals surface area contributed by atoms with Gasteiger partial charge in [-0.2, -0.15) is 0 Å². The van der Waals surface area contributed by atoms with E-state index in [-0.39, 0.29) is 12.5 Å². The molecule has 0 spiro atoms. The number of ether oxygens (including phenoxy) is 1. The van der Waals surface area contributed by atoms with Crippen LogP contribution >= 0.6 is 0 Å². The molecule has 3 rings (SSSR count). The number of carbonyl (C=O) groups excluding carboxylic acids is 1. The molecule has 130 valence electrons. The molecule has 2 heterocycles. The summed E-state index contributed by atoms with van der Waals surface area (Å²) in [4.78, 5) is 19.0. The first-order valence-corrected chi connectivity index (χ1v) is 8.42. The van der Waals surface area contributed by atoms with E-state index in [4.69, 9.17) is 9.84 Å². The summed E-state index contributed by atoms with van der Waals surface area (Å²) < 4.78 is 5.66. The molecule has 6 heteroatoms. The van der Waals surface area contributed by atoms with Gasteiger partial charge in [-0.15, -0.1) is 0 Å². The molecule has 1 fully saturated rings. The first-order chi connectivity index (χ1) is 11.6. The van der Waals surface area contributed by atoms with Gasteiger partial charge in [-0.25, -0.2) is 0 Å². The number of fused-ring (bicyclic) bond motifs is 1. The fourth-order valence-corrected chi connectivity index (χ4v) is 3.21. The molecule has 6 nitrogen and oxygen atoms in total. The van der Waals surface area contributed by atoms with Gasteiger partial charge in [-0.3, -0.25) is 9.69 Å². The number of aliphatic hydroxyl groups is 1. The van der Waals surface area contributed by atoms with E-state index in [0.717, 1.165) is 43.2 Å². The van der Waals surface area contributed by atoms with Gasteiger partial charge in [0, 0.05) is 32.7 Å². The molecule has 0 aliphatic carbocycles. The topological polar surface area (TPSA) is 56.2 Å². The number of piperazine rings is 1. The number of anilines is 1.